The molecule has 1 aliphatic heterocycles. The summed E-state index contributed by atoms with van der Waals surface area (Å²) in [5.41, 5.74) is 0.352. The number of likely N-dealkylation sites (N-methyl/N-ethyl adjacent to an activating group) is 1. The third-order valence-electron chi connectivity index (χ3n) is 4.70. The SMILES string of the molecule is COC(=O)NC(CC(C)C)C(=O)Nc1cccc(S(=O)(=O)N2CCN(C)CC2)c1. The van der Waals surface area contributed by atoms with E-state index < -0.39 is 28.1 Å². The van der Waals surface area contributed by atoms with Gasteiger partial charge >= 0.3 is 6.09 Å². The number of benzene rings is 1. The molecule has 1 saturated heterocycles. The molecule has 1 aromatic carbocycles. The minimum Gasteiger partial charge on any atom is -0.453 e. The molecule has 0 saturated carbocycles. The van der Waals surface area contributed by atoms with Crippen LogP contribution in [0, 0.1) is 5.92 Å². The first kappa shape index (κ1) is 23.1. The fourth-order valence-electron chi connectivity index (χ4n) is 3.05. The lowest BCUT2D eigenvalue weighted by molar-refractivity contribution is -0.118. The van der Waals surface area contributed by atoms with Crippen LogP contribution in [0.1, 0.15) is 20.3 Å². The van der Waals surface area contributed by atoms with Crippen LogP contribution >= 0.6 is 0 Å². The number of nitrogens with one attached hydrogen (secondary N) is 2. The van der Waals surface area contributed by atoms with Crippen LogP contribution in [0.15, 0.2) is 29.2 Å². The Hall–Kier alpha value is -2.17. The number of alkyl carbamates (subject to hydrolysis) is 1. The third-order valence-corrected chi connectivity index (χ3v) is 6.60. The zero-order valence-electron chi connectivity index (χ0n) is 17.3. The molecule has 2 amide bonds. The molecule has 0 radical (unpaired) electrons. The fraction of sp³-hybridized carbons (Fsp3) is 0.579. The van der Waals surface area contributed by atoms with Gasteiger partial charge in [-0.3, -0.25) is 4.79 Å². The van der Waals surface area contributed by atoms with Crippen LogP contribution in [-0.4, -0.2) is 76.0 Å². The van der Waals surface area contributed by atoms with Crippen LogP contribution in [0.3, 0.4) is 0 Å². The van der Waals surface area contributed by atoms with Crippen molar-refractivity contribution in [2.75, 3.05) is 45.7 Å². The number of hydrogen-bond donors (Lipinski definition) is 2. The largest absolute Gasteiger partial charge is 0.453 e. The van der Waals surface area contributed by atoms with Crippen LogP contribution in [0.4, 0.5) is 10.5 Å². The number of hydrogen-bond acceptors (Lipinski definition) is 6. The maximum atomic E-state index is 12.9. The van der Waals surface area contributed by atoms with Crippen LogP contribution in [0.5, 0.6) is 0 Å². The number of carbonyl (C=O) groups is 2. The lowest BCUT2D eigenvalue weighted by Crippen LogP contribution is -2.47. The van der Waals surface area contributed by atoms with Gasteiger partial charge in [-0.2, -0.15) is 4.31 Å². The minimum atomic E-state index is -3.64. The lowest BCUT2D eigenvalue weighted by atomic mass is 10.0. The highest BCUT2D eigenvalue weighted by Crippen LogP contribution is 2.21. The summed E-state index contributed by atoms with van der Waals surface area (Å²) in [5, 5.41) is 5.21. The molecule has 0 spiro atoms. The van der Waals surface area contributed by atoms with Crippen LogP contribution in [-0.2, 0) is 19.6 Å². The Kier molecular flexibility index (Phi) is 8.00. The second kappa shape index (κ2) is 10.0. The number of amides is 2. The van der Waals surface area contributed by atoms with Crippen LogP contribution < -0.4 is 10.6 Å². The van der Waals surface area contributed by atoms with Gasteiger partial charge in [0.2, 0.25) is 15.9 Å². The molecule has 0 aliphatic carbocycles. The number of nitrogens with zero attached hydrogens (tertiary/aromatic N) is 2. The first-order chi connectivity index (χ1) is 13.6. The van der Waals surface area contributed by atoms with E-state index in [0.29, 0.717) is 38.3 Å². The van der Waals surface area contributed by atoms with Crippen molar-refractivity contribution in [1.82, 2.24) is 14.5 Å². The summed E-state index contributed by atoms with van der Waals surface area (Å²) in [6.45, 7) is 6.06. The van der Waals surface area contributed by atoms with Crippen molar-refractivity contribution in [3.8, 4) is 0 Å². The van der Waals surface area contributed by atoms with E-state index in [4.69, 9.17) is 0 Å². The molecule has 162 valence electrons. The zero-order valence-corrected chi connectivity index (χ0v) is 18.2. The second-order valence-electron chi connectivity index (χ2n) is 7.54. The van der Waals surface area contributed by atoms with E-state index in [9.17, 15) is 18.0 Å². The summed E-state index contributed by atoms with van der Waals surface area (Å²) in [6, 6.07) is 5.37. The van der Waals surface area contributed by atoms with Crippen molar-refractivity contribution >= 4 is 27.7 Å². The smallest absolute Gasteiger partial charge is 0.407 e. The van der Waals surface area contributed by atoms with E-state index in [1.807, 2.05) is 20.9 Å². The molecule has 0 bridgehead atoms. The highest BCUT2D eigenvalue weighted by molar-refractivity contribution is 7.89. The van der Waals surface area contributed by atoms with E-state index >= 15 is 0 Å². The van der Waals surface area contributed by atoms with Gasteiger partial charge < -0.3 is 20.3 Å². The van der Waals surface area contributed by atoms with E-state index in [-0.39, 0.29) is 10.8 Å². The highest BCUT2D eigenvalue weighted by Gasteiger charge is 2.28. The molecular weight excluding hydrogens is 396 g/mol. The maximum Gasteiger partial charge on any atom is 0.407 e. The van der Waals surface area contributed by atoms with Gasteiger partial charge in [-0.05, 0) is 37.6 Å². The molecule has 1 atom stereocenters. The van der Waals surface area contributed by atoms with E-state index in [2.05, 4.69) is 20.3 Å². The molecule has 10 heteroatoms. The molecule has 29 heavy (non-hydrogen) atoms. The Bertz CT molecular complexity index is 820. The Morgan fingerprint density at radius 3 is 2.41 bits per heavy atom. The first-order valence-corrected chi connectivity index (χ1v) is 11.0. The Labute approximate surface area is 172 Å². The van der Waals surface area contributed by atoms with Gasteiger partial charge in [0.15, 0.2) is 0 Å². The van der Waals surface area contributed by atoms with E-state index in [1.165, 1.54) is 23.5 Å². The van der Waals surface area contributed by atoms with Gasteiger partial charge in [0, 0.05) is 31.9 Å². The van der Waals surface area contributed by atoms with Crippen molar-refractivity contribution in [2.24, 2.45) is 5.92 Å². The van der Waals surface area contributed by atoms with Crippen molar-refractivity contribution in [2.45, 2.75) is 31.2 Å². The number of ether oxygens (including phenoxy) is 1. The average Bonchev–Trinajstić information content (AvgIpc) is 2.67. The fourth-order valence-corrected chi connectivity index (χ4v) is 4.51. The summed E-state index contributed by atoms with van der Waals surface area (Å²) in [4.78, 5) is 26.4. The number of rotatable bonds is 7. The van der Waals surface area contributed by atoms with Crippen molar-refractivity contribution < 1.29 is 22.7 Å². The minimum absolute atomic E-state index is 0.126. The number of anilines is 1. The summed E-state index contributed by atoms with van der Waals surface area (Å²) < 4.78 is 31.9. The zero-order chi connectivity index (χ0) is 21.6. The lowest BCUT2D eigenvalue weighted by Gasteiger charge is -2.31. The average molecular weight is 427 g/mol. The van der Waals surface area contributed by atoms with Gasteiger partial charge in [0.1, 0.15) is 6.04 Å². The maximum absolute atomic E-state index is 12.9. The summed E-state index contributed by atoms with van der Waals surface area (Å²) in [5.74, 6) is -0.273. The summed E-state index contributed by atoms with van der Waals surface area (Å²) in [7, 11) is -0.457. The predicted octanol–water partition coefficient (Wildman–Crippen LogP) is 1.33. The summed E-state index contributed by atoms with van der Waals surface area (Å²) in [6.07, 6.45) is -0.280. The van der Waals surface area contributed by atoms with Crippen molar-refractivity contribution in [3.63, 3.8) is 0 Å². The molecule has 0 aromatic heterocycles. The first-order valence-electron chi connectivity index (χ1n) is 9.57. The molecule has 1 aliphatic rings. The normalized spacial score (nSPS) is 17.0. The van der Waals surface area contributed by atoms with E-state index in [1.54, 1.807) is 12.1 Å². The van der Waals surface area contributed by atoms with Gasteiger partial charge in [0.25, 0.3) is 0 Å². The van der Waals surface area contributed by atoms with E-state index in [0.717, 1.165) is 0 Å². The third kappa shape index (κ3) is 6.41. The molecule has 9 nitrogen and oxygen atoms in total. The number of piperazine rings is 1. The molecule has 2 N–H and O–H groups in total. The molecule has 1 fully saturated rings. The molecule has 1 unspecified atom stereocenters. The predicted molar refractivity (Wildman–Crippen MR) is 110 cm³/mol. The number of carbonyl (C=O) groups excluding carboxylic acids is 2. The molecule has 1 aromatic rings. The quantitative estimate of drug-likeness (QED) is 0.681. The van der Waals surface area contributed by atoms with Crippen LogP contribution in [0.25, 0.3) is 0 Å². The van der Waals surface area contributed by atoms with Gasteiger partial charge in [-0.25, -0.2) is 13.2 Å². The molecular formula is C19H30N4O5S. The highest BCUT2D eigenvalue weighted by atomic mass is 32.2. The summed E-state index contributed by atoms with van der Waals surface area (Å²) >= 11 is 0. The van der Waals surface area contributed by atoms with Crippen molar-refractivity contribution in [1.29, 1.82) is 0 Å². The number of sulfonamides is 1. The van der Waals surface area contributed by atoms with Gasteiger partial charge in [-0.15, -0.1) is 0 Å². The monoisotopic (exact) mass is 426 g/mol. The molecule has 2 rings (SSSR count). The van der Waals surface area contributed by atoms with Gasteiger partial charge in [0.05, 0.1) is 12.0 Å². The Balaban J connectivity index is 2.15. The van der Waals surface area contributed by atoms with Crippen LogP contribution in [0.2, 0.25) is 0 Å². The topological polar surface area (TPSA) is 108 Å². The molecule has 1 heterocycles. The standard InChI is InChI=1S/C19H30N4O5S/c1-14(2)12-17(21-19(25)28-4)18(24)20-15-6-5-7-16(13-15)29(26,27)23-10-8-22(3)9-11-23/h5-7,13-14,17H,8-12H2,1-4H3,(H,20,24)(H,21,25). The van der Waals surface area contributed by atoms with Gasteiger partial charge in [-0.1, -0.05) is 19.9 Å². The Morgan fingerprint density at radius 2 is 1.83 bits per heavy atom. The Morgan fingerprint density at radius 1 is 1.17 bits per heavy atom. The number of methoxy groups -OCH3 is 1. The second-order valence-corrected chi connectivity index (χ2v) is 9.48. The van der Waals surface area contributed by atoms with Crippen molar-refractivity contribution in [3.05, 3.63) is 24.3 Å².